The number of hydrogen-bond acceptors (Lipinski definition) is 5. The predicted molar refractivity (Wildman–Crippen MR) is 87.0 cm³/mol. The topological polar surface area (TPSA) is 62.1 Å². The summed E-state index contributed by atoms with van der Waals surface area (Å²) in [6.45, 7) is 8.30. The van der Waals surface area contributed by atoms with E-state index in [1.165, 1.54) is 5.56 Å². The second-order valence-corrected chi connectivity index (χ2v) is 5.96. The van der Waals surface area contributed by atoms with Gasteiger partial charge in [-0.3, -0.25) is 0 Å². The zero-order valence-electron chi connectivity index (χ0n) is 12.7. The van der Waals surface area contributed by atoms with E-state index < -0.39 is 5.97 Å². The smallest absolute Gasteiger partial charge is 0.351 e. The van der Waals surface area contributed by atoms with Crippen LogP contribution in [0.3, 0.4) is 0 Å². The average Bonchev–Trinajstić information content (AvgIpc) is 2.39. The first-order valence-corrected chi connectivity index (χ1v) is 7.12. The van der Waals surface area contributed by atoms with Gasteiger partial charge in [0, 0.05) is 5.69 Å². The first kappa shape index (κ1) is 17.1. The summed E-state index contributed by atoms with van der Waals surface area (Å²) in [5.41, 5.74) is 1.88. The van der Waals surface area contributed by atoms with Crippen LogP contribution in [-0.4, -0.2) is 12.6 Å². The van der Waals surface area contributed by atoms with Crippen molar-refractivity contribution in [3.8, 4) is 6.07 Å². The Bertz CT molecular complexity index is 578. The summed E-state index contributed by atoms with van der Waals surface area (Å²) in [5, 5.41) is 12.1. The zero-order chi connectivity index (χ0) is 16.0. The number of hydrogen-bond donors (Lipinski definition) is 2. The van der Waals surface area contributed by atoms with Crippen LogP contribution >= 0.6 is 12.6 Å². The highest BCUT2D eigenvalue weighted by Crippen LogP contribution is 2.24. The Kier molecular flexibility index (Phi) is 5.86. The molecule has 0 bridgehead atoms. The van der Waals surface area contributed by atoms with Gasteiger partial charge in [-0.15, -0.1) is 12.6 Å². The number of carbonyl (C=O) groups is 1. The normalized spacial score (nSPS) is 12.2. The van der Waals surface area contributed by atoms with Crippen molar-refractivity contribution in [3.63, 3.8) is 0 Å². The summed E-state index contributed by atoms with van der Waals surface area (Å²) in [6, 6.07) is 9.58. The highest BCUT2D eigenvalue weighted by atomic mass is 32.1. The molecule has 0 saturated carbocycles. The van der Waals surface area contributed by atoms with E-state index in [9.17, 15) is 4.79 Å². The average molecular weight is 304 g/mol. The van der Waals surface area contributed by atoms with Crippen LogP contribution in [0.25, 0.3) is 0 Å². The number of nitrogens with zero attached hydrogens (tertiary/aromatic N) is 1. The number of thiol groups is 1. The maximum atomic E-state index is 11.6. The Labute approximate surface area is 131 Å². The van der Waals surface area contributed by atoms with Crippen LogP contribution in [0.2, 0.25) is 0 Å². The SMILES string of the molecule is CCOC(=O)C(C#N)=C(S)Nc1ccc(C(C)(C)C)cc1. The fourth-order valence-electron chi connectivity index (χ4n) is 1.65. The molecule has 0 radical (unpaired) electrons. The zero-order valence-corrected chi connectivity index (χ0v) is 13.6. The molecule has 0 unspecified atom stereocenters. The fraction of sp³-hybridized carbons (Fsp3) is 0.375. The third kappa shape index (κ3) is 4.83. The molecule has 21 heavy (non-hydrogen) atoms. The molecule has 1 aromatic rings. The minimum absolute atomic E-state index is 0.0703. The van der Waals surface area contributed by atoms with Gasteiger partial charge < -0.3 is 10.1 Å². The van der Waals surface area contributed by atoms with Gasteiger partial charge in [0.15, 0.2) is 5.57 Å². The third-order valence-electron chi connectivity index (χ3n) is 2.84. The quantitative estimate of drug-likeness (QED) is 0.386. The van der Waals surface area contributed by atoms with Crippen LogP contribution < -0.4 is 5.32 Å². The maximum absolute atomic E-state index is 11.6. The van der Waals surface area contributed by atoms with Crippen molar-refractivity contribution in [2.75, 3.05) is 11.9 Å². The van der Waals surface area contributed by atoms with Crippen molar-refractivity contribution in [1.82, 2.24) is 0 Å². The van der Waals surface area contributed by atoms with E-state index in [1.807, 2.05) is 30.3 Å². The number of ether oxygens (including phenoxy) is 1. The molecule has 5 heteroatoms. The Morgan fingerprint density at radius 1 is 1.33 bits per heavy atom. The monoisotopic (exact) mass is 304 g/mol. The van der Waals surface area contributed by atoms with Crippen LogP contribution in [0, 0.1) is 11.3 Å². The van der Waals surface area contributed by atoms with Crippen LogP contribution in [0.4, 0.5) is 5.69 Å². The number of esters is 1. The van der Waals surface area contributed by atoms with E-state index >= 15 is 0 Å². The molecule has 0 aliphatic rings. The summed E-state index contributed by atoms with van der Waals surface area (Å²) in [4.78, 5) is 11.6. The van der Waals surface area contributed by atoms with Crippen LogP contribution in [0.5, 0.6) is 0 Å². The molecule has 0 amide bonds. The number of rotatable bonds is 4. The fourth-order valence-corrected chi connectivity index (χ4v) is 1.92. The molecular formula is C16H20N2O2S. The molecule has 0 saturated heterocycles. The lowest BCUT2D eigenvalue weighted by Crippen LogP contribution is -2.12. The molecule has 112 valence electrons. The molecule has 0 atom stereocenters. The van der Waals surface area contributed by atoms with Gasteiger partial charge in [0.05, 0.1) is 11.6 Å². The van der Waals surface area contributed by atoms with Crippen molar-refractivity contribution >= 4 is 24.3 Å². The van der Waals surface area contributed by atoms with Gasteiger partial charge in [-0.1, -0.05) is 32.9 Å². The predicted octanol–water partition coefficient (Wildman–Crippen LogP) is 3.62. The molecule has 0 fully saturated rings. The number of carbonyl (C=O) groups excluding carboxylic acids is 1. The molecule has 0 heterocycles. The molecule has 1 aromatic carbocycles. The van der Waals surface area contributed by atoms with E-state index in [-0.39, 0.29) is 22.6 Å². The lowest BCUT2D eigenvalue weighted by molar-refractivity contribution is -0.138. The van der Waals surface area contributed by atoms with Crippen molar-refractivity contribution < 1.29 is 9.53 Å². The van der Waals surface area contributed by atoms with Crippen LogP contribution in [0.15, 0.2) is 34.9 Å². The first-order chi connectivity index (χ1) is 9.79. The van der Waals surface area contributed by atoms with Gasteiger partial charge >= 0.3 is 5.97 Å². The summed E-state index contributed by atoms with van der Waals surface area (Å²) >= 11 is 4.18. The molecule has 0 spiro atoms. The van der Waals surface area contributed by atoms with Gasteiger partial charge in [0.25, 0.3) is 0 Å². The molecule has 4 nitrogen and oxygen atoms in total. The first-order valence-electron chi connectivity index (χ1n) is 6.67. The second kappa shape index (κ2) is 7.19. The second-order valence-electron chi connectivity index (χ2n) is 5.51. The van der Waals surface area contributed by atoms with E-state index in [4.69, 9.17) is 10.00 Å². The van der Waals surface area contributed by atoms with Gasteiger partial charge in [-0.25, -0.2) is 4.79 Å². The largest absolute Gasteiger partial charge is 0.462 e. The Morgan fingerprint density at radius 2 is 1.90 bits per heavy atom. The van der Waals surface area contributed by atoms with Crippen molar-refractivity contribution in [3.05, 3.63) is 40.4 Å². The van der Waals surface area contributed by atoms with Crippen molar-refractivity contribution in [2.24, 2.45) is 0 Å². The van der Waals surface area contributed by atoms with Crippen molar-refractivity contribution in [2.45, 2.75) is 33.1 Å². The Morgan fingerprint density at radius 3 is 2.33 bits per heavy atom. The van der Waals surface area contributed by atoms with Gasteiger partial charge in [0.2, 0.25) is 0 Å². The molecule has 0 aliphatic carbocycles. The van der Waals surface area contributed by atoms with E-state index in [0.29, 0.717) is 0 Å². The van der Waals surface area contributed by atoms with Crippen molar-refractivity contribution in [1.29, 1.82) is 5.26 Å². The standard InChI is InChI=1S/C16H20N2O2S/c1-5-20-15(19)13(10-17)14(21)18-12-8-6-11(7-9-12)16(2,3)4/h6-9,18,21H,5H2,1-4H3. The van der Waals surface area contributed by atoms with Crippen LogP contribution in [-0.2, 0) is 14.9 Å². The summed E-state index contributed by atoms with van der Waals surface area (Å²) in [6.07, 6.45) is 0. The highest BCUT2D eigenvalue weighted by Gasteiger charge is 2.16. The number of nitriles is 1. The van der Waals surface area contributed by atoms with E-state index in [2.05, 4.69) is 38.7 Å². The number of benzene rings is 1. The van der Waals surface area contributed by atoms with Gasteiger partial charge in [-0.2, -0.15) is 5.26 Å². The maximum Gasteiger partial charge on any atom is 0.351 e. The molecule has 0 aromatic heterocycles. The van der Waals surface area contributed by atoms with Gasteiger partial charge in [0.1, 0.15) is 6.07 Å². The van der Waals surface area contributed by atoms with E-state index in [0.717, 1.165) is 5.69 Å². The number of anilines is 1. The van der Waals surface area contributed by atoms with E-state index in [1.54, 1.807) is 6.92 Å². The summed E-state index contributed by atoms with van der Waals surface area (Å²) in [7, 11) is 0. The minimum atomic E-state index is -0.677. The molecule has 1 rings (SSSR count). The highest BCUT2D eigenvalue weighted by molar-refractivity contribution is 7.84. The Hall–Kier alpha value is -1.93. The lowest BCUT2D eigenvalue weighted by atomic mass is 9.87. The Balaban J connectivity index is 2.94. The lowest BCUT2D eigenvalue weighted by Gasteiger charge is -2.19. The minimum Gasteiger partial charge on any atom is -0.462 e. The molecular weight excluding hydrogens is 284 g/mol. The summed E-state index contributed by atoms with van der Waals surface area (Å²) in [5.74, 6) is -0.677. The van der Waals surface area contributed by atoms with Gasteiger partial charge in [-0.05, 0) is 30.0 Å². The molecule has 1 N–H and O–H groups in total. The molecule has 0 aliphatic heterocycles. The third-order valence-corrected chi connectivity index (χ3v) is 3.18. The summed E-state index contributed by atoms with van der Waals surface area (Å²) < 4.78 is 4.81. The van der Waals surface area contributed by atoms with Crippen LogP contribution in [0.1, 0.15) is 33.3 Å². The number of nitrogens with one attached hydrogen (secondary N) is 1.